The first-order valence-electron chi connectivity index (χ1n) is 5.62. The van der Waals surface area contributed by atoms with Crippen LogP contribution in [-0.2, 0) is 4.74 Å². The normalized spacial score (nSPS) is 24.4. The van der Waals surface area contributed by atoms with Gasteiger partial charge >= 0.3 is 0 Å². The molecule has 0 amide bonds. The highest BCUT2D eigenvalue weighted by atomic mass is 32.1. The predicted molar refractivity (Wildman–Crippen MR) is 68.6 cm³/mol. The minimum absolute atomic E-state index is 0.0455. The number of hydrogen-bond acceptors (Lipinski definition) is 5. The van der Waals surface area contributed by atoms with Gasteiger partial charge in [0.15, 0.2) is 5.13 Å². The molecule has 0 bridgehead atoms. The second-order valence-electron chi connectivity index (χ2n) is 4.30. The average Bonchev–Trinajstić information content (AvgIpc) is 2.87. The number of nitrogens with one attached hydrogen (secondary N) is 1. The molecule has 3 rings (SSSR count). The first kappa shape index (κ1) is 11.0. The summed E-state index contributed by atoms with van der Waals surface area (Å²) in [7, 11) is 0. The van der Waals surface area contributed by atoms with Crippen LogP contribution in [0.3, 0.4) is 0 Å². The summed E-state index contributed by atoms with van der Waals surface area (Å²) in [5.41, 5.74) is 2.24. The van der Waals surface area contributed by atoms with Crippen molar-refractivity contribution < 1.29 is 9.84 Å². The van der Waals surface area contributed by atoms with Crippen molar-refractivity contribution >= 4 is 26.7 Å². The molecule has 0 saturated carbocycles. The second-order valence-corrected chi connectivity index (χ2v) is 5.30. The Hall–Kier alpha value is -1.17. The third-order valence-corrected chi connectivity index (χ3v) is 4.11. The van der Waals surface area contributed by atoms with Crippen molar-refractivity contribution in [1.29, 1.82) is 0 Å². The van der Waals surface area contributed by atoms with Crippen LogP contribution in [0.25, 0.3) is 10.2 Å². The van der Waals surface area contributed by atoms with E-state index < -0.39 is 6.10 Å². The summed E-state index contributed by atoms with van der Waals surface area (Å²) in [5, 5.41) is 13.8. The van der Waals surface area contributed by atoms with Crippen molar-refractivity contribution in [2.24, 2.45) is 0 Å². The van der Waals surface area contributed by atoms with E-state index in [1.165, 1.54) is 10.3 Å². The number of benzene rings is 1. The molecule has 0 unspecified atom stereocenters. The van der Waals surface area contributed by atoms with E-state index in [9.17, 15) is 5.11 Å². The fourth-order valence-corrected chi connectivity index (χ4v) is 2.98. The van der Waals surface area contributed by atoms with Crippen molar-refractivity contribution in [3.8, 4) is 0 Å². The Balaban J connectivity index is 1.88. The molecule has 5 heteroatoms. The third-order valence-electron chi connectivity index (χ3n) is 2.97. The minimum atomic E-state index is -0.442. The van der Waals surface area contributed by atoms with Crippen LogP contribution in [0.15, 0.2) is 18.2 Å². The van der Waals surface area contributed by atoms with Crippen LogP contribution in [-0.4, -0.2) is 35.5 Å². The summed E-state index contributed by atoms with van der Waals surface area (Å²) in [5.74, 6) is 0. The summed E-state index contributed by atoms with van der Waals surface area (Å²) >= 11 is 1.62. The molecule has 2 atom stereocenters. The Morgan fingerprint density at radius 2 is 2.35 bits per heavy atom. The molecule has 1 aromatic heterocycles. The van der Waals surface area contributed by atoms with Crippen molar-refractivity contribution in [2.45, 2.75) is 19.1 Å². The maximum atomic E-state index is 9.67. The molecule has 1 fully saturated rings. The number of anilines is 1. The zero-order valence-electron chi connectivity index (χ0n) is 9.51. The van der Waals surface area contributed by atoms with Crippen LogP contribution in [0.1, 0.15) is 5.56 Å². The molecule has 1 saturated heterocycles. The summed E-state index contributed by atoms with van der Waals surface area (Å²) in [4.78, 5) is 4.51. The molecule has 0 aliphatic carbocycles. The molecule has 1 aromatic carbocycles. The Kier molecular flexibility index (Phi) is 2.74. The highest BCUT2D eigenvalue weighted by Gasteiger charge is 2.26. The fraction of sp³-hybridized carbons (Fsp3) is 0.417. The minimum Gasteiger partial charge on any atom is -0.388 e. The van der Waals surface area contributed by atoms with Gasteiger partial charge in [0, 0.05) is 0 Å². The summed E-state index contributed by atoms with van der Waals surface area (Å²) < 4.78 is 6.40. The van der Waals surface area contributed by atoms with Crippen molar-refractivity contribution in [1.82, 2.24) is 4.98 Å². The Morgan fingerprint density at radius 1 is 1.47 bits per heavy atom. The lowest BCUT2D eigenvalue weighted by Crippen LogP contribution is -2.31. The molecule has 2 N–H and O–H groups in total. The van der Waals surface area contributed by atoms with Gasteiger partial charge in [-0.25, -0.2) is 4.98 Å². The van der Waals surface area contributed by atoms with Crippen molar-refractivity contribution in [2.75, 3.05) is 18.5 Å². The van der Waals surface area contributed by atoms with E-state index in [1.807, 2.05) is 12.1 Å². The molecule has 90 valence electrons. The lowest BCUT2D eigenvalue weighted by molar-refractivity contribution is 0.125. The number of hydrogen-bond donors (Lipinski definition) is 2. The number of aliphatic hydroxyl groups is 1. The van der Waals surface area contributed by atoms with E-state index >= 15 is 0 Å². The molecular formula is C12H14N2O2S. The monoisotopic (exact) mass is 250 g/mol. The number of aromatic nitrogens is 1. The van der Waals surface area contributed by atoms with Gasteiger partial charge in [-0.3, -0.25) is 0 Å². The van der Waals surface area contributed by atoms with Gasteiger partial charge in [0.2, 0.25) is 0 Å². The predicted octanol–water partition coefficient (Wildman–Crippen LogP) is 1.78. The molecule has 1 aliphatic heterocycles. The summed E-state index contributed by atoms with van der Waals surface area (Å²) in [6, 6.07) is 6.05. The lowest BCUT2D eigenvalue weighted by Gasteiger charge is -2.12. The van der Waals surface area contributed by atoms with Crippen LogP contribution in [0.2, 0.25) is 0 Å². The van der Waals surface area contributed by atoms with E-state index in [1.54, 1.807) is 11.3 Å². The molecular weight excluding hydrogens is 236 g/mol. The van der Waals surface area contributed by atoms with Gasteiger partial charge in [0.25, 0.3) is 0 Å². The number of nitrogens with zero attached hydrogens (tertiary/aromatic N) is 1. The number of thiazole rings is 1. The molecule has 2 aromatic rings. The summed E-state index contributed by atoms with van der Waals surface area (Å²) in [6.07, 6.45) is -0.442. The molecule has 4 nitrogen and oxygen atoms in total. The molecule has 1 aliphatic rings. The van der Waals surface area contributed by atoms with Crippen molar-refractivity contribution in [3.05, 3.63) is 23.8 Å². The van der Waals surface area contributed by atoms with Gasteiger partial charge in [-0.2, -0.15) is 0 Å². The van der Waals surface area contributed by atoms with Gasteiger partial charge in [-0.1, -0.05) is 23.5 Å². The smallest absolute Gasteiger partial charge is 0.184 e. The van der Waals surface area contributed by atoms with E-state index in [0.717, 1.165) is 10.6 Å². The number of fused-ring (bicyclic) bond motifs is 1. The highest BCUT2D eigenvalue weighted by Crippen LogP contribution is 2.29. The van der Waals surface area contributed by atoms with E-state index in [2.05, 4.69) is 23.3 Å². The first-order valence-corrected chi connectivity index (χ1v) is 6.44. The van der Waals surface area contributed by atoms with E-state index in [-0.39, 0.29) is 6.04 Å². The Bertz CT molecular complexity index is 540. The van der Waals surface area contributed by atoms with Crippen LogP contribution >= 0.6 is 11.3 Å². The largest absolute Gasteiger partial charge is 0.388 e. The third kappa shape index (κ3) is 2.01. The fourth-order valence-electron chi connectivity index (χ4n) is 1.99. The molecule has 0 spiro atoms. The Morgan fingerprint density at radius 3 is 3.06 bits per heavy atom. The highest BCUT2D eigenvalue weighted by molar-refractivity contribution is 7.22. The average molecular weight is 250 g/mol. The number of aryl methyl sites for hydroxylation is 1. The topological polar surface area (TPSA) is 54.4 Å². The van der Waals surface area contributed by atoms with Gasteiger partial charge in [-0.15, -0.1) is 0 Å². The number of ether oxygens (including phenoxy) is 1. The van der Waals surface area contributed by atoms with Crippen LogP contribution in [0.4, 0.5) is 5.13 Å². The zero-order valence-corrected chi connectivity index (χ0v) is 10.3. The van der Waals surface area contributed by atoms with Crippen LogP contribution < -0.4 is 5.32 Å². The number of rotatable bonds is 2. The maximum Gasteiger partial charge on any atom is 0.184 e. The standard InChI is InChI=1S/C12H14N2O2S/c1-7-3-2-4-8-11(7)17-12(13-8)14-9-5-16-6-10(9)15/h2-4,9-10,15H,5-6H2,1H3,(H,13,14)/t9-,10-/m1/s1. The molecule has 0 radical (unpaired) electrons. The second kappa shape index (κ2) is 4.25. The van der Waals surface area contributed by atoms with Crippen LogP contribution in [0.5, 0.6) is 0 Å². The lowest BCUT2D eigenvalue weighted by atomic mass is 10.2. The van der Waals surface area contributed by atoms with Gasteiger partial charge < -0.3 is 15.2 Å². The van der Waals surface area contributed by atoms with E-state index in [0.29, 0.717) is 13.2 Å². The molecule has 2 heterocycles. The van der Waals surface area contributed by atoms with Gasteiger partial charge in [0.05, 0.1) is 35.6 Å². The van der Waals surface area contributed by atoms with E-state index in [4.69, 9.17) is 4.74 Å². The van der Waals surface area contributed by atoms with Gasteiger partial charge in [0.1, 0.15) is 0 Å². The first-order chi connectivity index (χ1) is 8.24. The van der Waals surface area contributed by atoms with Gasteiger partial charge in [-0.05, 0) is 18.6 Å². The quantitative estimate of drug-likeness (QED) is 0.853. The molecule has 17 heavy (non-hydrogen) atoms. The van der Waals surface area contributed by atoms with Crippen molar-refractivity contribution in [3.63, 3.8) is 0 Å². The number of aliphatic hydroxyl groups excluding tert-OH is 1. The maximum absolute atomic E-state index is 9.67. The Labute approximate surface area is 103 Å². The summed E-state index contributed by atoms with van der Waals surface area (Å²) in [6.45, 7) is 3.02. The SMILES string of the molecule is Cc1cccc2nc(N[C@@H]3COC[C@H]3O)sc12. The zero-order chi connectivity index (χ0) is 11.8. The van der Waals surface area contributed by atoms with Crippen LogP contribution in [0, 0.1) is 6.92 Å².